The van der Waals surface area contributed by atoms with E-state index in [9.17, 15) is 4.79 Å². The zero-order valence-corrected chi connectivity index (χ0v) is 8.45. The predicted molar refractivity (Wildman–Crippen MR) is 48.5 cm³/mol. The predicted octanol–water partition coefficient (Wildman–Crippen LogP) is 0.269. The quantitative estimate of drug-likeness (QED) is 0.623. The number of carbonyl (C=O) groups is 1. The molecule has 0 aliphatic carbocycles. The highest BCUT2D eigenvalue weighted by Gasteiger charge is 2.24. The van der Waals surface area contributed by atoms with Gasteiger partial charge >= 0.3 is 0 Å². The number of rotatable bonds is 2. The number of methoxy groups -OCH3 is 1. The van der Waals surface area contributed by atoms with E-state index < -0.39 is 0 Å². The molecule has 0 saturated carbocycles. The Labute approximate surface area is 78.8 Å². The summed E-state index contributed by atoms with van der Waals surface area (Å²) < 4.78 is 10.3. The first-order chi connectivity index (χ1) is 6.15. The molecule has 1 heterocycles. The van der Waals surface area contributed by atoms with Gasteiger partial charge in [-0.1, -0.05) is 0 Å². The van der Waals surface area contributed by atoms with Crippen LogP contribution in [0.1, 0.15) is 13.8 Å². The first-order valence-corrected chi connectivity index (χ1v) is 4.58. The van der Waals surface area contributed by atoms with E-state index in [0.29, 0.717) is 19.7 Å². The summed E-state index contributed by atoms with van der Waals surface area (Å²) >= 11 is 0. The Bertz CT molecular complexity index is 184. The lowest BCUT2D eigenvalue weighted by atomic mass is 10.2. The molecule has 4 nitrogen and oxygen atoms in total. The summed E-state index contributed by atoms with van der Waals surface area (Å²) in [5.41, 5.74) is 0. The molecule has 1 saturated heterocycles. The molecule has 4 heteroatoms. The van der Waals surface area contributed by atoms with Gasteiger partial charge in [-0.25, -0.2) is 0 Å². The van der Waals surface area contributed by atoms with Gasteiger partial charge in [0.2, 0.25) is 0 Å². The van der Waals surface area contributed by atoms with E-state index >= 15 is 0 Å². The maximum atomic E-state index is 11.6. The van der Waals surface area contributed by atoms with Gasteiger partial charge in [-0.3, -0.25) is 4.79 Å². The average Bonchev–Trinajstić information content (AvgIpc) is 2.15. The van der Waals surface area contributed by atoms with Crippen molar-refractivity contribution in [3.8, 4) is 0 Å². The first kappa shape index (κ1) is 10.5. The van der Waals surface area contributed by atoms with E-state index in [1.54, 1.807) is 18.9 Å². The van der Waals surface area contributed by atoms with Crippen LogP contribution in [0.5, 0.6) is 0 Å². The van der Waals surface area contributed by atoms with Crippen LogP contribution in [0.4, 0.5) is 0 Å². The third-order valence-electron chi connectivity index (χ3n) is 2.25. The minimum Gasteiger partial charge on any atom is -0.375 e. The van der Waals surface area contributed by atoms with Gasteiger partial charge < -0.3 is 14.4 Å². The van der Waals surface area contributed by atoms with Crippen molar-refractivity contribution in [3.63, 3.8) is 0 Å². The van der Waals surface area contributed by atoms with Gasteiger partial charge in [0.05, 0.1) is 12.7 Å². The van der Waals surface area contributed by atoms with Crippen LogP contribution < -0.4 is 0 Å². The van der Waals surface area contributed by atoms with Crippen molar-refractivity contribution >= 4 is 5.91 Å². The Hall–Kier alpha value is -0.610. The van der Waals surface area contributed by atoms with Crippen molar-refractivity contribution in [1.29, 1.82) is 0 Å². The third-order valence-corrected chi connectivity index (χ3v) is 2.25. The largest absolute Gasteiger partial charge is 0.375 e. The maximum absolute atomic E-state index is 11.6. The lowest BCUT2D eigenvalue weighted by molar-refractivity contribution is -0.147. The molecule has 0 radical (unpaired) electrons. The van der Waals surface area contributed by atoms with E-state index in [1.807, 2.05) is 6.92 Å². The van der Waals surface area contributed by atoms with E-state index in [-0.39, 0.29) is 18.1 Å². The molecular weight excluding hydrogens is 170 g/mol. The monoisotopic (exact) mass is 187 g/mol. The number of amides is 1. The topological polar surface area (TPSA) is 38.8 Å². The SMILES string of the molecule is COC(C)C(=O)N1CCOC(C)C1. The van der Waals surface area contributed by atoms with Gasteiger partial charge in [-0.05, 0) is 13.8 Å². The zero-order valence-electron chi connectivity index (χ0n) is 8.45. The van der Waals surface area contributed by atoms with E-state index in [4.69, 9.17) is 9.47 Å². The number of hydrogen-bond acceptors (Lipinski definition) is 3. The summed E-state index contributed by atoms with van der Waals surface area (Å²) in [7, 11) is 1.55. The molecule has 1 aliphatic rings. The van der Waals surface area contributed by atoms with E-state index in [1.165, 1.54) is 0 Å². The second-order valence-corrected chi connectivity index (χ2v) is 3.34. The normalized spacial score (nSPS) is 25.8. The molecule has 1 fully saturated rings. The molecule has 0 aromatic rings. The van der Waals surface area contributed by atoms with Crippen molar-refractivity contribution in [2.24, 2.45) is 0 Å². The minimum atomic E-state index is -0.342. The van der Waals surface area contributed by atoms with Crippen LogP contribution in [0.15, 0.2) is 0 Å². The molecule has 2 unspecified atom stereocenters. The third kappa shape index (κ3) is 2.67. The van der Waals surface area contributed by atoms with Crippen LogP contribution in [-0.4, -0.2) is 49.8 Å². The van der Waals surface area contributed by atoms with Crippen LogP contribution in [0.25, 0.3) is 0 Å². The molecular formula is C9H17NO3. The summed E-state index contributed by atoms with van der Waals surface area (Å²) in [6.07, 6.45) is -0.202. The standard InChI is InChI=1S/C9H17NO3/c1-7-6-10(4-5-13-7)9(11)8(2)12-3/h7-8H,4-6H2,1-3H3. The molecule has 13 heavy (non-hydrogen) atoms. The molecule has 1 amide bonds. The summed E-state index contributed by atoms with van der Waals surface area (Å²) in [5, 5.41) is 0. The number of nitrogens with zero attached hydrogens (tertiary/aromatic N) is 1. The summed E-state index contributed by atoms with van der Waals surface area (Å²) in [4.78, 5) is 13.4. The van der Waals surface area contributed by atoms with Crippen LogP contribution >= 0.6 is 0 Å². The molecule has 1 rings (SSSR count). The molecule has 1 aliphatic heterocycles. The highest BCUT2D eigenvalue weighted by Crippen LogP contribution is 2.07. The smallest absolute Gasteiger partial charge is 0.251 e. The highest BCUT2D eigenvalue weighted by molar-refractivity contribution is 5.80. The number of ether oxygens (including phenoxy) is 2. The lowest BCUT2D eigenvalue weighted by Crippen LogP contribution is -2.48. The fraction of sp³-hybridized carbons (Fsp3) is 0.889. The Morgan fingerprint density at radius 2 is 2.38 bits per heavy atom. The van der Waals surface area contributed by atoms with Crippen LogP contribution in [0, 0.1) is 0 Å². The minimum absolute atomic E-state index is 0.0534. The van der Waals surface area contributed by atoms with Crippen molar-refractivity contribution in [2.75, 3.05) is 26.8 Å². The summed E-state index contributed by atoms with van der Waals surface area (Å²) in [6, 6.07) is 0. The van der Waals surface area contributed by atoms with E-state index in [2.05, 4.69) is 0 Å². The van der Waals surface area contributed by atoms with Crippen LogP contribution in [0.2, 0.25) is 0 Å². The van der Waals surface area contributed by atoms with Gasteiger partial charge in [0.25, 0.3) is 5.91 Å². The summed E-state index contributed by atoms with van der Waals surface area (Å²) in [6.45, 7) is 5.71. The van der Waals surface area contributed by atoms with Crippen molar-refractivity contribution in [2.45, 2.75) is 26.1 Å². The Morgan fingerprint density at radius 3 is 2.92 bits per heavy atom. The van der Waals surface area contributed by atoms with Gasteiger partial charge in [0.15, 0.2) is 0 Å². The van der Waals surface area contributed by atoms with Crippen LogP contribution in [-0.2, 0) is 14.3 Å². The number of morpholine rings is 1. The zero-order chi connectivity index (χ0) is 9.84. The fourth-order valence-corrected chi connectivity index (χ4v) is 1.38. The molecule has 0 aromatic heterocycles. The Balaban J connectivity index is 2.46. The number of carbonyl (C=O) groups excluding carboxylic acids is 1. The maximum Gasteiger partial charge on any atom is 0.251 e. The van der Waals surface area contributed by atoms with Gasteiger partial charge in [0, 0.05) is 20.2 Å². The van der Waals surface area contributed by atoms with Gasteiger partial charge in [-0.2, -0.15) is 0 Å². The molecule has 0 aromatic carbocycles. The van der Waals surface area contributed by atoms with Crippen LogP contribution in [0.3, 0.4) is 0 Å². The second-order valence-electron chi connectivity index (χ2n) is 3.34. The average molecular weight is 187 g/mol. The van der Waals surface area contributed by atoms with Crippen molar-refractivity contribution < 1.29 is 14.3 Å². The Morgan fingerprint density at radius 1 is 1.69 bits per heavy atom. The van der Waals surface area contributed by atoms with E-state index in [0.717, 1.165) is 0 Å². The summed E-state index contributed by atoms with van der Waals surface area (Å²) in [5.74, 6) is 0.0534. The van der Waals surface area contributed by atoms with Gasteiger partial charge in [0.1, 0.15) is 6.10 Å². The number of hydrogen-bond donors (Lipinski definition) is 0. The molecule has 0 bridgehead atoms. The highest BCUT2D eigenvalue weighted by atomic mass is 16.5. The van der Waals surface area contributed by atoms with Crippen molar-refractivity contribution in [1.82, 2.24) is 4.90 Å². The molecule has 2 atom stereocenters. The molecule has 0 N–H and O–H groups in total. The molecule has 0 spiro atoms. The lowest BCUT2D eigenvalue weighted by Gasteiger charge is -2.32. The molecule has 76 valence electrons. The fourth-order valence-electron chi connectivity index (χ4n) is 1.38. The Kier molecular flexibility index (Phi) is 3.69. The van der Waals surface area contributed by atoms with Gasteiger partial charge in [-0.15, -0.1) is 0 Å². The van der Waals surface area contributed by atoms with Crippen molar-refractivity contribution in [3.05, 3.63) is 0 Å². The second kappa shape index (κ2) is 4.58. The first-order valence-electron chi connectivity index (χ1n) is 4.58.